The van der Waals surface area contributed by atoms with Gasteiger partial charge in [0.15, 0.2) is 12.2 Å². The third kappa shape index (κ3) is 4.39. The molecule has 0 aromatic carbocycles. The van der Waals surface area contributed by atoms with E-state index in [1.807, 2.05) is 0 Å². The summed E-state index contributed by atoms with van der Waals surface area (Å²) in [4.78, 5) is 15.9. The van der Waals surface area contributed by atoms with Crippen molar-refractivity contribution < 1.29 is 48.9 Å². The van der Waals surface area contributed by atoms with Gasteiger partial charge in [0.05, 0.1) is 13.2 Å². The summed E-state index contributed by atoms with van der Waals surface area (Å²) in [6, 6.07) is -1.72. The fraction of sp³-hybridized carbons (Fsp3) is 0.882. The van der Waals surface area contributed by atoms with E-state index >= 15 is 0 Å². The molecule has 3 aliphatic heterocycles. The first-order valence-corrected chi connectivity index (χ1v) is 9.35. The van der Waals surface area contributed by atoms with E-state index in [-0.39, 0.29) is 0 Å². The molecule has 0 bridgehead atoms. The van der Waals surface area contributed by atoms with Crippen LogP contribution in [-0.4, -0.2) is 114 Å². The van der Waals surface area contributed by atoms with Gasteiger partial charge in [0.1, 0.15) is 48.7 Å². The second-order valence-electron chi connectivity index (χ2n) is 7.22. The minimum Gasteiger partial charge on any atom is -0.450 e. The molecule has 3 aliphatic rings. The topological polar surface area (TPSA) is 169 Å². The summed E-state index contributed by atoms with van der Waals surface area (Å²) in [6.45, 7) is 1.89. The first kappa shape index (κ1) is 22.3. The molecule has 2 saturated heterocycles. The predicted octanol–water partition coefficient (Wildman–Crippen LogP) is -3.14. The minimum absolute atomic E-state index is 0.337. The Labute approximate surface area is 167 Å². The van der Waals surface area contributed by atoms with Gasteiger partial charge >= 0.3 is 0 Å². The number of carbonyl (C=O) groups excluding carboxylic acids is 1. The number of rotatable bonds is 6. The van der Waals surface area contributed by atoms with Crippen molar-refractivity contribution in [3.8, 4) is 0 Å². The second-order valence-corrected chi connectivity index (χ2v) is 7.22. The number of aliphatic hydroxyl groups excluding tert-OH is 4. The smallest absolute Gasteiger partial charge is 0.227 e. The number of carbonyl (C=O) groups is 1. The molecule has 1 amide bonds. The highest BCUT2D eigenvalue weighted by molar-refractivity contribution is 5.75. The fourth-order valence-corrected chi connectivity index (χ4v) is 3.87. The highest BCUT2D eigenvalue weighted by Gasteiger charge is 2.53. The second kappa shape index (κ2) is 9.18. The molecule has 2 fully saturated rings. The SMILES string of the molecule is CO[C@H]1[C@H](O)[C@@H](CO)O[C@@H](O[C@H]2[C@H](O)[C@H]3N=C(C)O[C@H]3O[C@@H]2CO)[C@@H]1NC(C)=O. The van der Waals surface area contributed by atoms with Crippen molar-refractivity contribution in [3.05, 3.63) is 0 Å². The highest BCUT2D eigenvalue weighted by atomic mass is 16.7. The van der Waals surface area contributed by atoms with Crippen LogP contribution in [0.4, 0.5) is 0 Å². The van der Waals surface area contributed by atoms with Crippen molar-refractivity contribution in [1.29, 1.82) is 0 Å². The van der Waals surface area contributed by atoms with Gasteiger partial charge in [-0.3, -0.25) is 4.79 Å². The van der Waals surface area contributed by atoms with E-state index in [9.17, 15) is 25.2 Å². The van der Waals surface area contributed by atoms with Crippen LogP contribution >= 0.6 is 0 Å². The van der Waals surface area contributed by atoms with E-state index in [4.69, 9.17) is 23.7 Å². The summed E-state index contributed by atoms with van der Waals surface area (Å²) in [5.74, 6) is -0.0862. The van der Waals surface area contributed by atoms with E-state index in [1.165, 1.54) is 14.0 Å². The molecule has 0 radical (unpaired) electrons. The molecule has 10 atom stereocenters. The average molecular weight is 420 g/mol. The van der Waals surface area contributed by atoms with Crippen LogP contribution in [0.2, 0.25) is 0 Å². The van der Waals surface area contributed by atoms with Crippen LogP contribution in [0.15, 0.2) is 4.99 Å². The molecule has 0 spiro atoms. The highest BCUT2D eigenvalue weighted by Crippen LogP contribution is 2.33. The number of aliphatic hydroxyl groups is 4. The molecule has 12 heteroatoms. The number of amides is 1. The van der Waals surface area contributed by atoms with Gasteiger partial charge in [0, 0.05) is 21.0 Å². The third-order valence-electron chi connectivity index (χ3n) is 5.23. The Morgan fingerprint density at radius 1 is 1.14 bits per heavy atom. The normalized spacial score (nSPS) is 44.6. The van der Waals surface area contributed by atoms with Crippen LogP contribution in [0.1, 0.15) is 13.8 Å². The molecule has 0 aromatic heterocycles. The van der Waals surface area contributed by atoms with Crippen molar-refractivity contribution in [2.75, 3.05) is 20.3 Å². The summed E-state index contributed by atoms with van der Waals surface area (Å²) in [5.41, 5.74) is 0. The summed E-state index contributed by atoms with van der Waals surface area (Å²) in [6.07, 6.45) is -8.56. The number of aliphatic imine (C=N–C) groups is 1. The molecule has 0 aliphatic carbocycles. The Balaban J connectivity index is 1.84. The van der Waals surface area contributed by atoms with Gasteiger partial charge in [-0.15, -0.1) is 0 Å². The zero-order valence-electron chi connectivity index (χ0n) is 16.4. The number of hydrogen-bond acceptors (Lipinski definition) is 11. The number of methoxy groups -OCH3 is 1. The standard InChI is InChI=1S/C17H28N2O10/c1-6(22)18-11-15(25-3)12(23)8(4-20)27-17(11)29-14-9(5-21)28-16-10(13(14)24)19-7(2)26-16/h8-17,20-21,23-24H,4-5H2,1-3H3,(H,18,22)/t8-,9-,10-,11-,12-,13-,14-,15-,16+,17+/m1/s1. The summed E-state index contributed by atoms with van der Waals surface area (Å²) < 4.78 is 27.9. The third-order valence-corrected chi connectivity index (χ3v) is 5.23. The predicted molar refractivity (Wildman–Crippen MR) is 94.8 cm³/mol. The van der Waals surface area contributed by atoms with Crippen LogP contribution in [0, 0.1) is 0 Å². The van der Waals surface area contributed by atoms with Crippen LogP contribution < -0.4 is 5.32 Å². The first-order valence-electron chi connectivity index (χ1n) is 9.35. The van der Waals surface area contributed by atoms with Crippen molar-refractivity contribution in [2.45, 2.75) is 75.1 Å². The minimum atomic E-state index is -1.23. The van der Waals surface area contributed by atoms with Crippen molar-refractivity contribution >= 4 is 11.8 Å². The Bertz CT molecular complexity index is 619. The molecule has 166 valence electrons. The van der Waals surface area contributed by atoms with E-state index in [0.717, 1.165) is 0 Å². The summed E-state index contributed by atoms with van der Waals surface area (Å²) >= 11 is 0. The van der Waals surface area contributed by atoms with E-state index < -0.39 is 80.4 Å². The van der Waals surface area contributed by atoms with Crippen molar-refractivity contribution in [3.63, 3.8) is 0 Å². The Morgan fingerprint density at radius 2 is 1.83 bits per heavy atom. The largest absolute Gasteiger partial charge is 0.450 e. The average Bonchev–Trinajstić information content (AvgIpc) is 3.06. The summed E-state index contributed by atoms with van der Waals surface area (Å²) in [7, 11) is 1.34. The van der Waals surface area contributed by atoms with Crippen molar-refractivity contribution in [2.24, 2.45) is 4.99 Å². The van der Waals surface area contributed by atoms with Gasteiger partial charge in [0.2, 0.25) is 12.2 Å². The summed E-state index contributed by atoms with van der Waals surface area (Å²) in [5, 5.41) is 43.0. The van der Waals surface area contributed by atoms with Gasteiger partial charge in [-0.2, -0.15) is 0 Å². The van der Waals surface area contributed by atoms with E-state index in [0.29, 0.717) is 5.90 Å². The Morgan fingerprint density at radius 3 is 2.41 bits per heavy atom. The van der Waals surface area contributed by atoms with E-state index in [2.05, 4.69) is 10.3 Å². The monoisotopic (exact) mass is 420 g/mol. The Kier molecular flexibility index (Phi) is 7.06. The lowest BCUT2D eigenvalue weighted by molar-refractivity contribution is -0.323. The van der Waals surface area contributed by atoms with Gasteiger partial charge in [-0.25, -0.2) is 4.99 Å². The molecule has 3 heterocycles. The number of hydrogen-bond donors (Lipinski definition) is 5. The lowest BCUT2D eigenvalue weighted by Gasteiger charge is -2.47. The lowest BCUT2D eigenvalue weighted by Crippen LogP contribution is -2.67. The number of fused-ring (bicyclic) bond motifs is 1. The molecular weight excluding hydrogens is 392 g/mol. The molecule has 3 rings (SSSR count). The van der Waals surface area contributed by atoms with Crippen LogP contribution in [-0.2, 0) is 28.5 Å². The van der Waals surface area contributed by atoms with Crippen LogP contribution in [0.3, 0.4) is 0 Å². The number of nitrogens with zero attached hydrogens (tertiary/aromatic N) is 1. The number of nitrogens with one attached hydrogen (secondary N) is 1. The zero-order valence-corrected chi connectivity index (χ0v) is 16.4. The zero-order chi connectivity index (χ0) is 21.3. The van der Waals surface area contributed by atoms with Gasteiger partial charge in [-0.1, -0.05) is 0 Å². The quantitative estimate of drug-likeness (QED) is 0.296. The molecule has 0 unspecified atom stereocenters. The molecule has 0 saturated carbocycles. The first-order chi connectivity index (χ1) is 13.8. The maximum atomic E-state index is 11.7. The lowest BCUT2D eigenvalue weighted by atomic mass is 9.95. The van der Waals surface area contributed by atoms with Crippen molar-refractivity contribution in [1.82, 2.24) is 5.32 Å². The van der Waals surface area contributed by atoms with Crippen LogP contribution in [0.5, 0.6) is 0 Å². The van der Waals surface area contributed by atoms with Gasteiger partial charge in [-0.05, 0) is 0 Å². The molecule has 5 N–H and O–H groups in total. The molecule has 0 aromatic rings. The molecule has 12 nitrogen and oxygen atoms in total. The maximum Gasteiger partial charge on any atom is 0.227 e. The van der Waals surface area contributed by atoms with Gasteiger partial charge in [0.25, 0.3) is 0 Å². The molecule has 29 heavy (non-hydrogen) atoms. The fourth-order valence-electron chi connectivity index (χ4n) is 3.87. The van der Waals surface area contributed by atoms with Crippen LogP contribution in [0.25, 0.3) is 0 Å². The van der Waals surface area contributed by atoms with E-state index in [1.54, 1.807) is 6.92 Å². The number of ether oxygens (including phenoxy) is 5. The van der Waals surface area contributed by atoms with Gasteiger partial charge < -0.3 is 49.4 Å². The maximum absolute atomic E-state index is 11.7. The Hall–Kier alpha value is -1.38. The molecular formula is C17H28N2O10.